The Kier molecular flexibility index (Phi) is 8.10. The van der Waals surface area contributed by atoms with E-state index < -0.39 is 5.97 Å². The van der Waals surface area contributed by atoms with Crippen molar-refractivity contribution in [1.82, 2.24) is 0 Å². The zero-order valence-corrected chi connectivity index (χ0v) is 11.0. The summed E-state index contributed by atoms with van der Waals surface area (Å²) in [5.41, 5.74) is 1.02. The molecule has 1 aromatic rings. The first kappa shape index (κ1) is 16.0. The molecule has 0 aliphatic rings. The average Bonchev–Trinajstić information content (AvgIpc) is 2.32. The summed E-state index contributed by atoms with van der Waals surface area (Å²) in [7, 11) is 1.54. The maximum Gasteiger partial charge on any atom is 0.303 e. The number of aromatic hydroxyl groups is 1. The van der Waals surface area contributed by atoms with E-state index in [1.807, 2.05) is 32.1 Å². The number of rotatable bonds is 4. The van der Waals surface area contributed by atoms with E-state index in [1.54, 1.807) is 12.1 Å². The molecule has 0 saturated heterocycles. The zero-order valence-electron chi connectivity index (χ0n) is 11.0. The maximum absolute atomic E-state index is 9.60. The first-order valence-electron chi connectivity index (χ1n) is 5.76. The van der Waals surface area contributed by atoms with Crippen molar-refractivity contribution in [3.05, 3.63) is 29.8 Å². The third-order valence-electron chi connectivity index (χ3n) is 2.03. The topological polar surface area (TPSA) is 66.8 Å². The van der Waals surface area contributed by atoms with Crippen molar-refractivity contribution >= 4 is 12.0 Å². The Morgan fingerprint density at radius 3 is 2.50 bits per heavy atom. The fraction of sp³-hybridized carbons (Fsp3) is 0.357. The average molecular weight is 252 g/mol. The van der Waals surface area contributed by atoms with E-state index in [-0.39, 0.29) is 5.75 Å². The van der Waals surface area contributed by atoms with Crippen molar-refractivity contribution in [2.24, 2.45) is 0 Å². The maximum atomic E-state index is 9.60. The number of methoxy groups -OCH3 is 1. The highest BCUT2D eigenvalue weighted by Gasteiger charge is 1.99. The highest BCUT2D eigenvalue weighted by Crippen LogP contribution is 2.26. The highest BCUT2D eigenvalue weighted by molar-refractivity contribution is 5.66. The Labute approximate surface area is 108 Å². The first-order chi connectivity index (χ1) is 8.54. The molecule has 0 amide bonds. The van der Waals surface area contributed by atoms with Crippen molar-refractivity contribution in [2.75, 3.05) is 7.11 Å². The normalized spacial score (nSPS) is 9.72. The van der Waals surface area contributed by atoms with Gasteiger partial charge < -0.3 is 14.9 Å². The van der Waals surface area contributed by atoms with Gasteiger partial charge in [0.25, 0.3) is 0 Å². The number of carboxylic acids is 1. The minimum Gasteiger partial charge on any atom is -0.504 e. The molecule has 0 aromatic heterocycles. The molecule has 0 aliphatic heterocycles. The first-order valence-corrected chi connectivity index (χ1v) is 5.76. The second kappa shape index (κ2) is 9.10. The van der Waals surface area contributed by atoms with Crippen LogP contribution < -0.4 is 4.74 Å². The van der Waals surface area contributed by atoms with E-state index >= 15 is 0 Å². The summed E-state index contributed by atoms with van der Waals surface area (Å²) in [6, 6.07) is 5.24. The van der Waals surface area contributed by atoms with E-state index in [0.29, 0.717) is 12.2 Å². The molecule has 0 heterocycles. The quantitative estimate of drug-likeness (QED) is 0.862. The summed E-state index contributed by atoms with van der Waals surface area (Å²) in [6.45, 7) is 3.79. The molecule has 18 heavy (non-hydrogen) atoms. The molecule has 100 valence electrons. The lowest BCUT2D eigenvalue weighted by atomic mass is 10.2. The minimum absolute atomic E-state index is 0.172. The molecule has 0 spiro atoms. The largest absolute Gasteiger partial charge is 0.504 e. The van der Waals surface area contributed by atoms with Crippen LogP contribution in [0.15, 0.2) is 24.3 Å². The predicted octanol–water partition coefficient (Wildman–Crippen LogP) is 3.31. The lowest BCUT2D eigenvalue weighted by Crippen LogP contribution is -1.90. The van der Waals surface area contributed by atoms with Crippen molar-refractivity contribution in [1.29, 1.82) is 0 Å². The SMILES string of the molecule is CC=Cc1ccc(O)c(OC)c1.CCCC(=O)O. The summed E-state index contributed by atoms with van der Waals surface area (Å²) in [6.07, 6.45) is 4.91. The summed E-state index contributed by atoms with van der Waals surface area (Å²) in [5, 5.41) is 17.2. The molecule has 0 aliphatic carbocycles. The van der Waals surface area contributed by atoms with Crippen molar-refractivity contribution < 1.29 is 19.7 Å². The van der Waals surface area contributed by atoms with Gasteiger partial charge in [-0.05, 0) is 31.0 Å². The number of ether oxygens (including phenoxy) is 1. The van der Waals surface area contributed by atoms with E-state index in [2.05, 4.69) is 0 Å². The van der Waals surface area contributed by atoms with Gasteiger partial charge in [-0.3, -0.25) is 4.79 Å². The molecule has 0 fully saturated rings. The van der Waals surface area contributed by atoms with Crippen LogP contribution in [0.3, 0.4) is 0 Å². The lowest BCUT2D eigenvalue weighted by molar-refractivity contribution is -0.137. The number of carboxylic acid groups (broad SMARTS) is 1. The Bertz CT molecular complexity index is 397. The fourth-order valence-electron chi connectivity index (χ4n) is 1.20. The summed E-state index contributed by atoms with van der Waals surface area (Å²) in [5.74, 6) is -0.0335. The molecule has 0 saturated carbocycles. The van der Waals surface area contributed by atoms with Crippen molar-refractivity contribution in [2.45, 2.75) is 26.7 Å². The molecule has 2 N–H and O–H groups in total. The molecule has 4 nitrogen and oxygen atoms in total. The van der Waals surface area contributed by atoms with E-state index in [4.69, 9.17) is 9.84 Å². The Hall–Kier alpha value is -1.97. The number of allylic oxidation sites excluding steroid dienone is 1. The molecule has 0 bridgehead atoms. The Balaban J connectivity index is 0.000000411. The van der Waals surface area contributed by atoms with Crippen molar-refractivity contribution in [3.63, 3.8) is 0 Å². The number of hydrogen-bond donors (Lipinski definition) is 2. The molecule has 4 heteroatoms. The van der Waals surface area contributed by atoms with Gasteiger partial charge in [-0.15, -0.1) is 0 Å². The summed E-state index contributed by atoms with van der Waals surface area (Å²) in [4.78, 5) is 9.60. The van der Waals surface area contributed by atoms with Gasteiger partial charge in [-0.2, -0.15) is 0 Å². The van der Waals surface area contributed by atoms with E-state index in [0.717, 1.165) is 12.0 Å². The number of benzene rings is 1. The third kappa shape index (κ3) is 6.58. The number of carbonyl (C=O) groups is 1. The molecular formula is C14H20O4. The monoisotopic (exact) mass is 252 g/mol. The molecule has 0 atom stereocenters. The minimum atomic E-state index is -0.711. The van der Waals surface area contributed by atoms with Gasteiger partial charge in [0.1, 0.15) is 0 Å². The molecular weight excluding hydrogens is 232 g/mol. The van der Waals surface area contributed by atoms with Crippen LogP contribution in [0.1, 0.15) is 32.3 Å². The highest BCUT2D eigenvalue weighted by atomic mass is 16.5. The van der Waals surface area contributed by atoms with Gasteiger partial charge in [0.15, 0.2) is 11.5 Å². The number of phenols is 1. The van der Waals surface area contributed by atoms with E-state index in [9.17, 15) is 9.90 Å². The van der Waals surface area contributed by atoms with Gasteiger partial charge in [0, 0.05) is 6.42 Å². The lowest BCUT2D eigenvalue weighted by Gasteiger charge is -2.03. The summed E-state index contributed by atoms with van der Waals surface area (Å²) >= 11 is 0. The molecule has 0 unspecified atom stereocenters. The number of hydrogen-bond acceptors (Lipinski definition) is 3. The predicted molar refractivity (Wildman–Crippen MR) is 71.9 cm³/mol. The van der Waals surface area contributed by atoms with Crippen molar-refractivity contribution in [3.8, 4) is 11.5 Å². The standard InChI is InChI=1S/C10H12O2.C4H8O2/c1-3-4-8-5-6-9(11)10(7-8)12-2;1-2-3-4(5)6/h3-7,11H,1-2H3;2-3H2,1H3,(H,5,6). The van der Waals surface area contributed by atoms with Crippen LogP contribution in [0.25, 0.3) is 6.08 Å². The molecule has 0 radical (unpaired) electrons. The van der Waals surface area contributed by atoms with E-state index in [1.165, 1.54) is 7.11 Å². The summed E-state index contributed by atoms with van der Waals surface area (Å²) < 4.78 is 4.95. The number of aliphatic carboxylic acids is 1. The van der Waals surface area contributed by atoms with Crippen LogP contribution in [0.4, 0.5) is 0 Å². The molecule has 1 rings (SSSR count). The molecule has 1 aromatic carbocycles. The van der Waals surface area contributed by atoms with Crippen LogP contribution in [0, 0.1) is 0 Å². The van der Waals surface area contributed by atoms with Gasteiger partial charge in [-0.1, -0.05) is 25.1 Å². The van der Waals surface area contributed by atoms with Gasteiger partial charge in [-0.25, -0.2) is 0 Å². The second-order valence-electron chi connectivity index (χ2n) is 3.58. The second-order valence-corrected chi connectivity index (χ2v) is 3.58. The van der Waals surface area contributed by atoms with Crippen LogP contribution in [-0.4, -0.2) is 23.3 Å². The van der Waals surface area contributed by atoms with Gasteiger partial charge in [0.05, 0.1) is 7.11 Å². The van der Waals surface area contributed by atoms with Crippen LogP contribution in [0.5, 0.6) is 11.5 Å². The third-order valence-corrected chi connectivity index (χ3v) is 2.03. The fourth-order valence-corrected chi connectivity index (χ4v) is 1.20. The van der Waals surface area contributed by atoms with Gasteiger partial charge in [0.2, 0.25) is 0 Å². The van der Waals surface area contributed by atoms with Gasteiger partial charge >= 0.3 is 5.97 Å². The Morgan fingerprint density at radius 1 is 1.44 bits per heavy atom. The Morgan fingerprint density at radius 2 is 2.11 bits per heavy atom. The smallest absolute Gasteiger partial charge is 0.303 e. The van der Waals surface area contributed by atoms with Crippen LogP contribution >= 0.6 is 0 Å². The van der Waals surface area contributed by atoms with Crippen LogP contribution in [0.2, 0.25) is 0 Å². The number of phenolic OH excluding ortho intramolecular Hbond substituents is 1. The zero-order chi connectivity index (χ0) is 14.0. The van der Waals surface area contributed by atoms with Crippen LogP contribution in [-0.2, 0) is 4.79 Å².